The van der Waals surface area contributed by atoms with Gasteiger partial charge in [-0.1, -0.05) is 13.8 Å². The van der Waals surface area contributed by atoms with Crippen LogP contribution in [-0.4, -0.2) is 43.0 Å². The first-order valence-electron chi connectivity index (χ1n) is 7.35. The van der Waals surface area contributed by atoms with Crippen LogP contribution in [0.1, 0.15) is 44.0 Å². The summed E-state index contributed by atoms with van der Waals surface area (Å²) >= 11 is 0. The van der Waals surface area contributed by atoms with Crippen LogP contribution >= 0.6 is 0 Å². The second kappa shape index (κ2) is 6.17. The number of nitrogens with one attached hydrogen (secondary N) is 2. The summed E-state index contributed by atoms with van der Waals surface area (Å²) < 4.78 is 23.5. The van der Waals surface area contributed by atoms with Crippen molar-refractivity contribution < 1.29 is 8.42 Å². The lowest BCUT2D eigenvalue weighted by molar-refractivity contribution is 0.561. The van der Waals surface area contributed by atoms with E-state index in [0.717, 1.165) is 29.4 Å². The van der Waals surface area contributed by atoms with Gasteiger partial charge in [-0.25, -0.2) is 18.4 Å². The average Bonchev–Trinajstić information content (AvgIpc) is 2.39. The van der Waals surface area contributed by atoms with Gasteiger partial charge in [0.15, 0.2) is 9.84 Å². The topological polar surface area (TPSA) is 84.0 Å². The number of sulfone groups is 1. The Bertz CT molecular complexity index is 614. The highest BCUT2D eigenvalue weighted by Gasteiger charge is 2.26. The van der Waals surface area contributed by atoms with Gasteiger partial charge in [-0.2, -0.15) is 0 Å². The molecule has 2 N–H and O–H groups in total. The summed E-state index contributed by atoms with van der Waals surface area (Å²) in [5.74, 6) is 2.98. The van der Waals surface area contributed by atoms with Crippen LogP contribution in [-0.2, 0) is 9.84 Å². The van der Waals surface area contributed by atoms with E-state index < -0.39 is 9.84 Å². The predicted molar refractivity (Wildman–Crippen MR) is 85.7 cm³/mol. The minimum absolute atomic E-state index is 0.0675. The van der Waals surface area contributed by atoms with E-state index in [4.69, 9.17) is 0 Å². The first-order chi connectivity index (χ1) is 9.82. The molecule has 1 aliphatic rings. The zero-order chi connectivity index (χ0) is 15.6. The first kappa shape index (κ1) is 16.0. The zero-order valence-corrected chi connectivity index (χ0v) is 13.9. The first-order valence-corrected chi connectivity index (χ1v) is 9.18. The molecule has 0 spiro atoms. The summed E-state index contributed by atoms with van der Waals surface area (Å²) in [6.45, 7) is 6.02. The number of anilines is 2. The van der Waals surface area contributed by atoms with Crippen molar-refractivity contribution in [3.8, 4) is 0 Å². The fraction of sp³-hybridized carbons (Fsp3) is 0.714. The van der Waals surface area contributed by atoms with Gasteiger partial charge in [-0.3, -0.25) is 0 Å². The number of nitrogens with zero attached hydrogens (tertiary/aromatic N) is 2. The summed E-state index contributed by atoms with van der Waals surface area (Å²) in [6, 6.07) is -0.0675. The van der Waals surface area contributed by atoms with E-state index in [2.05, 4.69) is 20.6 Å². The van der Waals surface area contributed by atoms with Crippen molar-refractivity contribution in [3.63, 3.8) is 0 Å². The second-order valence-electron chi connectivity index (χ2n) is 5.91. The van der Waals surface area contributed by atoms with Gasteiger partial charge in [0.1, 0.15) is 17.5 Å². The number of rotatable bonds is 4. The van der Waals surface area contributed by atoms with Crippen molar-refractivity contribution in [2.45, 2.75) is 45.6 Å². The van der Waals surface area contributed by atoms with Crippen LogP contribution in [0.25, 0.3) is 0 Å². The Kier molecular flexibility index (Phi) is 4.70. The SMILES string of the molecule is CNc1nc(C(C)C)nc(NC2CCCS(=O)(=O)C2)c1C. The van der Waals surface area contributed by atoms with Crippen molar-refractivity contribution >= 4 is 21.5 Å². The standard InChI is InChI=1S/C14H24N4O2S/c1-9(2)12-17-13(15-4)10(3)14(18-12)16-11-6-5-7-21(19,20)8-11/h9,11H,5-8H2,1-4H3,(H2,15,16,17,18). The molecule has 0 amide bonds. The average molecular weight is 312 g/mol. The maximum atomic E-state index is 11.7. The Labute approximate surface area is 126 Å². The normalized spacial score (nSPS) is 21.3. The van der Waals surface area contributed by atoms with Gasteiger partial charge in [0.2, 0.25) is 0 Å². The quantitative estimate of drug-likeness (QED) is 0.884. The molecule has 6 nitrogen and oxygen atoms in total. The van der Waals surface area contributed by atoms with Gasteiger partial charge in [0.25, 0.3) is 0 Å². The van der Waals surface area contributed by atoms with Crippen LogP contribution in [0.15, 0.2) is 0 Å². The van der Waals surface area contributed by atoms with E-state index >= 15 is 0 Å². The van der Waals surface area contributed by atoms with Crippen molar-refractivity contribution in [1.82, 2.24) is 9.97 Å². The van der Waals surface area contributed by atoms with Gasteiger partial charge < -0.3 is 10.6 Å². The van der Waals surface area contributed by atoms with E-state index in [1.165, 1.54) is 0 Å². The summed E-state index contributed by atoms with van der Waals surface area (Å²) in [5.41, 5.74) is 0.921. The fourth-order valence-electron chi connectivity index (χ4n) is 2.51. The molecule has 1 aromatic rings. The molecule has 0 saturated carbocycles. The van der Waals surface area contributed by atoms with E-state index in [-0.39, 0.29) is 17.7 Å². The third kappa shape index (κ3) is 3.84. The number of hydrogen-bond donors (Lipinski definition) is 2. The summed E-state index contributed by atoms with van der Waals surface area (Å²) in [5, 5.41) is 6.38. The molecular formula is C14H24N4O2S. The molecule has 1 fully saturated rings. The van der Waals surface area contributed by atoms with E-state index in [1.54, 1.807) is 0 Å². The molecule has 0 radical (unpaired) electrons. The Hall–Kier alpha value is -1.37. The Balaban J connectivity index is 2.28. The van der Waals surface area contributed by atoms with E-state index in [1.807, 2.05) is 27.8 Å². The third-order valence-electron chi connectivity index (χ3n) is 3.72. The Morgan fingerprint density at radius 2 is 1.90 bits per heavy atom. The highest BCUT2D eigenvalue weighted by atomic mass is 32.2. The lowest BCUT2D eigenvalue weighted by Crippen LogP contribution is -2.35. The monoisotopic (exact) mass is 312 g/mol. The highest BCUT2D eigenvalue weighted by molar-refractivity contribution is 7.91. The van der Waals surface area contributed by atoms with Crippen LogP contribution in [0.2, 0.25) is 0 Å². The van der Waals surface area contributed by atoms with Gasteiger partial charge in [0.05, 0.1) is 11.5 Å². The molecule has 1 saturated heterocycles. The summed E-state index contributed by atoms with van der Waals surface area (Å²) in [7, 11) is -1.10. The van der Waals surface area contributed by atoms with Crippen LogP contribution in [0, 0.1) is 6.92 Å². The van der Waals surface area contributed by atoms with Gasteiger partial charge >= 0.3 is 0 Å². The minimum atomic E-state index is -2.93. The van der Waals surface area contributed by atoms with Crippen LogP contribution in [0.4, 0.5) is 11.6 Å². The van der Waals surface area contributed by atoms with Crippen LogP contribution in [0.3, 0.4) is 0 Å². The predicted octanol–water partition coefficient (Wildman–Crippen LogP) is 1.94. The van der Waals surface area contributed by atoms with Gasteiger partial charge in [-0.05, 0) is 19.8 Å². The van der Waals surface area contributed by atoms with Crippen LogP contribution in [0.5, 0.6) is 0 Å². The minimum Gasteiger partial charge on any atom is -0.373 e. The van der Waals surface area contributed by atoms with Crippen molar-refractivity contribution in [1.29, 1.82) is 0 Å². The van der Waals surface area contributed by atoms with Crippen molar-refractivity contribution in [2.24, 2.45) is 0 Å². The maximum Gasteiger partial charge on any atom is 0.152 e. The molecule has 2 rings (SSSR count). The summed E-state index contributed by atoms with van der Waals surface area (Å²) in [6.07, 6.45) is 1.56. The number of aromatic nitrogens is 2. The molecule has 0 aliphatic carbocycles. The third-order valence-corrected chi connectivity index (χ3v) is 5.54. The molecule has 1 atom stereocenters. The van der Waals surface area contributed by atoms with Gasteiger partial charge in [0, 0.05) is 24.6 Å². The molecular weight excluding hydrogens is 288 g/mol. The number of hydrogen-bond acceptors (Lipinski definition) is 6. The summed E-state index contributed by atoms with van der Waals surface area (Å²) in [4.78, 5) is 9.06. The second-order valence-corrected chi connectivity index (χ2v) is 8.14. The fourth-order valence-corrected chi connectivity index (χ4v) is 4.14. The van der Waals surface area contributed by atoms with Crippen molar-refractivity contribution in [2.75, 3.05) is 29.2 Å². The molecule has 118 valence electrons. The molecule has 1 aliphatic heterocycles. The highest BCUT2D eigenvalue weighted by Crippen LogP contribution is 2.25. The molecule has 1 unspecified atom stereocenters. The molecule has 7 heteroatoms. The largest absolute Gasteiger partial charge is 0.373 e. The Morgan fingerprint density at radius 1 is 1.24 bits per heavy atom. The van der Waals surface area contributed by atoms with E-state index in [0.29, 0.717) is 12.2 Å². The van der Waals surface area contributed by atoms with Crippen LogP contribution < -0.4 is 10.6 Å². The maximum absolute atomic E-state index is 11.7. The molecule has 2 heterocycles. The van der Waals surface area contributed by atoms with E-state index in [9.17, 15) is 8.42 Å². The Morgan fingerprint density at radius 3 is 2.48 bits per heavy atom. The molecule has 0 aromatic carbocycles. The zero-order valence-electron chi connectivity index (χ0n) is 13.1. The van der Waals surface area contributed by atoms with Crippen molar-refractivity contribution in [3.05, 3.63) is 11.4 Å². The van der Waals surface area contributed by atoms with Gasteiger partial charge in [-0.15, -0.1) is 0 Å². The smallest absolute Gasteiger partial charge is 0.152 e. The lowest BCUT2D eigenvalue weighted by atomic mass is 10.1. The molecule has 0 bridgehead atoms. The molecule has 1 aromatic heterocycles. The lowest BCUT2D eigenvalue weighted by Gasteiger charge is -2.25. The molecule has 21 heavy (non-hydrogen) atoms.